The van der Waals surface area contributed by atoms with Crippen LogP contribution >= 0.6 is 0 Å². The lowest BCUT2D eigenvalue weighted by Gasteiger charge is -1.82. The van der Waals surface area contributed by atoms with Gasteiger partial charge in [0.25, 0.3) is 0 Å². The van der Waals surface area contributed by atoms with Gasteiger partial charge in [0.15, 0.2) is 0 Å². The molecule has 0 atom stereocenters. The van der Waals surface area contributed by atoms with Crippen LogP contribution in [0.1, 0.15) is 13.8 Å². The molecule has 0 aliphatic heterocycles. The van der Waals surface area contributed by atoms with Gasteiger partial charge >= 0.3 is 0 Å². The zero-order valence-corrected chi connectivity index (χ0v) is 9.35. The van der Waals surface area contributed by atoms with Crippen LogP contribution in [0.15, 0.2) is 66.8 Å². The maximum Gasteiger partial charge on any atom is 0.115 e. The van der Waals surface area contributed by atoms with Crippen molar-refractivity contribution < 1.29 is 5.11 Å². The second-order valence-electron chi connectivity index (χ2n) is 2.98. The largest absolute Gasteiger partial charge is 0.508 e. The van der Waals surface area contributed by atoms with Crippen LogP contribution in [0, 0.1) is 0 Å². The first-order chi connectivity index (χ1) is 7.20. The van der Waals surface area contributed by atoms with Gasteiger partial charge in [-0.1, -0.05) is 54.7 Å². The first-order valence-corrected chi connectivity index (χ1v) is 4.86. The van der Waals surface area contributed by atoms with E-state index in [9.17, 15) is 0 Å². The molecule has 1 N–H and O–H groups in total. The first-order valence-electron chi connectivity index (χ1n) is 4.86. The summed E-state index contributed by atoms with van der Waals surface area (Å²) in [5, 5.41) is 8.63. The van der Waals surface area contributed by atoms with Crippen molar-refractivity contribution in [2.24, 2.45) is 0 Å². The molecule has 1 heteroatoms. The molecule has 0 radical (unpaired) electrons. The number of para-hydroxylation sites is 1. The van der Waals surface area contributed by atoms with Crippen molar-refractivity contribution in [2.75, 3.05) is 0 Å². The zero-order valence-electron chi connectivity index (χ0n) is 9.35. The molecule has 0 saturated carbocycles. The fraction of sp³-hybridized carbons (Fsp3) is 0.143. The minimum absolute atomic E-state index is 0.322. The summed E-state index contributed by atoms with van der Waals surface area (Å²) >= 11 is 0. The predicted molar refractivity (Wildman–Crippen MR) is 66.9 cm³/mol. The van der Waals surface area contributed by atoms with E-state index < -0.39 is 0 Å². The molecule has 0 aliphatic carbocycles. The Bertz CT molecular complexity index is 320. The molecule has 0 spiro atoms. The number of benzene rings is 1. The van der Waals surface area contributed by atoms with E-state index in [2.05, 4.69) is 6.58 Å². The van der Waals surface area contributed by atoms with Crippen molar-refractivity contribution in [3.05, 3.63) is 66.8 Å². The third-order valence-electron chi connectivity index (χ3n) is 1.57. The summed E-state index contributed by atoms with van der Waals surface area (Å²) in [7, 11) is 0. The Balaban J connectivity index is 0.000000262. The molecule has 1 aromatic carbocycles. The Kier molecular flexibility index (Phi) is 7.79. The fourth-order valence-corrected chi connectivity index (χ4v) is 0.932. The van der Waals surface area contributed by atoms with Crippen molar-refractivity contribution in [1.82, 2.24) is 0 Å². The van der Waals surface area contributed by atoms with Crippen molar-refractivity contribution in [3.8, 4) is 5.75 Å². The maximum atomic E-state index is 8.63. The number of phenolic OH excluding ortho intramolecular Hbond substituents is 1. The van der Waals surface area contributed by atoms with Crippen LogP contribution in [0.2, 0.25) is 0 Å². The summed E-state index contributed by atoms with van der Waals surface area (Å²) in [6, 6.07) is 8.71. The number of rotatable bonds is 2. The summed E-state index contributed by atoms with van der Waals surface area (Å²) in [6.07, 6.45) is 7.81. The van der Waals surface area contributed by atoms with E-state index in [1.165, 1.54) is 5.57 Å². The second-order valence-corrected chi connectivity index (χ2v) is 2.98. The number of hydrogen-bond acceptors (Lipinski definition) is 1. The molecule has 1 nitrogen and oxygen atoms in total. The van der Waals surface area contributed by atoms with Crippen LogP contribution in [-0.4, -0.2) is 5.11 Å². The van der Waals surface area contributed by atoms with Crippen LogP contribution in [0.4, 0.5) is 0 Å². The van der Waals surface area contributed by atoms with Crippen molar-refractivity contribution in [2.45, 2.75) is 13.8 Å². The lowest BCUT2D eigenvalue weighted by molar-refractivity contribution is 0.475. The highest BCUT2D eigenvalue weighted by atomic mass is 16.3. The molecule has 0 unspecified atom stereocenters. The fourth-order valence-electron chi connectivity index (χ4n) is 0.932. The quantitative estimate of drug-likeness (QED) is 0.716. The van der Waals surface area contributed by atoms with E-state index in [0.717, 1.165) is 0 Å². The smallest absolute Gasteiger partial charge is 0.115 e. The SMILES string of the molecule is C=C/C=C(C)\C=C/C.Oc1ccccc1. The van der Waals surface area contributed by atoms with Crippen LogP contribution in [0.5, 0.6) is 5.75 Å². The van der Waals surface area contributed by atoms with Crippen molar-refractivity contribution in [1.29, 1.82) is 0 Å². The van der Waals surface area contributed by atoms with Gasteiger partial charge in [0.1, 0.15) is 5.75 Å². The topological polar surface area (TPSA) is 20.2 Å². The third kappa shape index (κ3) is 8.57. The summed E-state index contributed by atoms with van der Waals surface area (Å²) in [5.41, 5.74) is 1.24. The number of allylic oxidation sites excluding steroid dienone is 5. The van der Waals surface area contributed by atoms with Gasteiger partial charge in [-0.2, -0.15) is 0 Å². The maximum absolute atomic E-state index is 8.63. The number of hydrogen-bond donors (Lipinski definition) is 1. The molecule has 0 bridgehead atoms. The molecule has 1 rings (SSSR count). The van der Waals surface area contributed by atoms with Gasteiger partial charge in [0, 0.05) is 0 Å². The van der Waals surface area contributed by atoms with Gasteiger partial charge < -0.3 is 5.11 Å². The van der Waals surface area contributed by atoms with Crippen molar-refractivity contribution in [3.63, 3.8) is 0 Å². The van der Waals surface area contributed by atoms with E-state index in [1.54, 1.807) is 30.3 Å². The highest BCUT2D eigenvalue weighted by molar-refractivity contribution is 5.19. The van der Waals surface area contributed by atoms with Crippen LogP contribution < -0.4 is 0 Å². The number of aromatic hydroxyl groups is 1. The third-order valence-corrected chi connectivity index (χ3v) is 1.57. The Morgan fingerprint density at radius 2 is 1.87 bits per heavy atom. The lowest BCUT2D eigenvalue weighted by atomic mass is 10.2. The minimum Gasteiger partial charge on any atom is -0.508 e. The van der Waals surface area contributed by atoms with Gasteiger partial charge in [0.2, 0.25) is 0 Å². The first kappa shape index (κ1) is 13.2. The second kappa shape index (κ2) is 8.82. The van der Waals surface area contributed by atoms with E-state index >= 15 is 0 Å². The Morgan fingerprint density at radius 1 is 1.27 bits per heavy atom. The van der Waals surface area contributed by atoms with Crippen molar-refractivity contribution >= 4 is 0 Å². The molecule has 0 amide bonds. The predicted octanol–water partition coefficient (Wildman–Crippen LogP) is 4.09. The lowest BCUT2D eigenvalue weighted by Crippen LogP contribution is -1.61. The molecular formula is C14H18O. The van der Waals surface area contributed by atoms with E-state index in [4.69, 9.17) is 5.11 Å². The standard InChI is InChI=1S/C8H12.C6H6O/c1-4-6-8(3)7-5-2;7-6-4-2-1-3-5-6/h4-7H,1H2,2-3H3;1-5,7H/b7-5-,8-6-;. The van der Waals surface area contributed by atoms with E-state index in [-0.39, 0.29) is 0 Å². The zero-order chi connectivity index (χ0) is 11.5. The Labute approximate surface area is 92.1 Å². The van der Waals surface area contributed by atoms with Crippen LogP contribution in [0.3, 0.4) is 0 Å². The van der Waals surface area contributed by atoms with Gasteiger partial charge in [-0.05, 0) is 26.0 Å². The highest BCUT2D eigenvalue weighted by Crippen LogP contribution is 2.02. The average molecular weight is 202 g/mol. The van der Waals surface area contributed by atoms with Gasteiger partial charge in [0.05, 0.1) is 0 Å². The summed E-state index contributed by atoms with van der Waals surface area (Å²) in [4.78, 5) is 0. The van der Waals surface area contributed by atoms with E-state index in [1.807, 2.05) is 38.1 Å². The molecule has 0 aliphatic rings. The highest BCUT2D eigenvalue weighted by Gasteiger charge is 1.74. The normalized spacial score (nSPS) is 10.7. The Hall–Kier alpha value is -1.76. The molecule has 0 fully saturated rings. The molecular weight excluding hydrogens is 184 g/mol. The Morgan fingerprint density at radius 3 is 2.20 bits per heavy atom. The molecule has 0 heterocycles. The molecule has 15 heavy (non-hydrogen) atoms. The van der Waals surface area contributed by atoms with Gasteiger partial charge in [-0.15, -0.1) is 0 Å². The molecule has 0 saturated heterocycles. The van der Waals surface area contributed by atoms with Crippen LogP contribution in [-0.2, 0) is 0 Å². The summed E-state index contributed by atoms with van der Waals surface area (Å²) in [6.45, 7) is 7.62. The average Bonchev–Trinajstić information content (AvgIpc) is 2.20. The molecule has 1 aromatic rings. The van der Waals surface area contributed by atoms with E-state index in [0.29, 0.717) is 5.75 Å². The summed E-state index contributed by atoms with van der Waals surface area (Å²) < 4.78 is 0. The van der Waals surface area contributed by atoms with Crippen LogP contribution in [0.25, 0.3) is 0 Å². The van der Waals surface area contributed by atoms with Gasteiger partial charge in [-0.3, -0.25) is 0 Å². The minimum atomic E-state index is 0.322. The number of phenols is 1. The monoisotopic (exact) mass is 202 g/mol. The molecule has 0 aromatic heterocycles. The summed E-state index contributed by atoms with van der Waals surface area (Å²) in [5.74, 6) is 0.322. The molecule has 80 valence electrons. The van der Waals surface area contributed by atoms with Gasteiger partial charge in [-0.25, -0.2) is 0 Å².